The van der Waals surface area contributed by atoms with Gasteiger partial charge in [-0.2, -0.15) is 0 Å². The first-order valence-corrected chi connectivity index (χ1v) is 8.64. The molecule has 0 aliphatic carbocycles. The Hall–Kier alpha value is -2.00. The summed E-state index contributed by atoms with van der Waals surface area (Å²) in [5, 5.41) is 3.43. The molecule has 0 radical (unpaired) electrons. The second-order valence-corrected chi connectivity index (χ2v) is 6.05. The van der Waals surface area contributed by atoms with Gasteiger partial charge in [0.15, 0.2) is 0 Å². The maximum atomic E-state index is 5.67. The number of piperidine rings is 1. The zero-order valence-corrected chi connectivity index (χ0v) is 13.7. The van der Waals surface area contributed by atoms with E-state index in [4.69, 9.17) is 4.74 Å². The zero-order valence-electron chi connectivity index (χ0n) is 13.7. The van der Waals surface area contributed by atoms with Crippen LogP contribution in [0.15, 0.2) is 54.6 Å². The molecule has 1 N–H and O–H groups in total. The predicted molar refractivity (Wildman–Crippen MR) is 96.1 cm³/mol. The van der Waals surface area contributed by atoms with Gasteiger partial charge in [-0.05, 0) is 49.1 Å². The lowest BCUT2D eigenvalue weighted by Crippen LogP contribution is -2.29. The topological polar surface area (TPSA) is 24.5 Å². The van der Waals surface area contributed by atoms with Crippen LogP contribution in [0.3, 0.4) is 0 Å². The molecule has 0 unspecified atom stereocenters. The molecule has 0 aromatic heterocycles. The molecule has 3 heteroatoms. The van der Waals surface area contributed by atoms with Gasteiger partial charge in [0.2, 0.25) is 0 Å². The molecule has 2 aromatic rings. The summed E-state index contributed by atoms with van der Waals surface area (Å²) in [6.07, 6.45) is 4.03. The minimum Gasteiger partial charge on any atom is -0.492 e. The molecule has 1 fully saturated rings. The monoisotopic (exact) mass is 310 g/mol. The fourth-order valence-electron chi connectivity index (χ4n) is 2.97. The van der Waals surface area contributed by atoms with Gasteiger partial charge in [0.1, 0.15) is 12.4 Å². The molecule has 3 rings (SSSR count). The van der Waals surface area contributed by atoms with E-state index in [-0.39, 0.29) is 0 Å². The number of hydrogen-bond acceptors (Lipinski definition) is 3. The lowest BCUT2D eigenvalue weighted by atomic mass is 10.1. The van der Waals surface area contributed by atoms with E-state index in [0.717, 1.165) is 18.8 Å². The Morgan fingerprint density at radius 2 is 1.61 bits per heavy atom. The van der Waals surface area contributed by atoms with Gasteiger partial charge >= 0.3 is 0 Å². The Labute approximate surface area is 139 Å². The number of benzene rings is 2. The summed E-state index contributed by atoms with van der Waals surface area (Å²) >= 11 is 0. The number of hydrogen-bond donors (Lipinski definition) is 1. The normalized spacial score (nSPS) is 14.7. The quantitative estimate of drug-likeness (QED) is 0.786. The van der Waals surface area contributed by atoms with E-state index < -0.39 is 0 Å². The number of nitrogens with zero attached hydrogens (tertiary/aromatic N) is 1. The largest absolute Gasteiger partial charge is 0.492 e. The zero-order chi connectivity index (χ0) is 15.7. The molecule has 1 heterocycles. The van der Waals surface area contributed by atoms with Crippen LogP contribution >= 0.6 is 0 Å². The molecule has 23 heavy (non-hydrogen) atoms. The third kappa shape index (κ3) is 5.00. The van der Waals surface area contributed by atoms with Crippen molar-refractivity contribution in [1.82, 2.24) is 5.32 Å². The standard InChI is InChI=1S/C20H26N2O/c1-3-7-20(8-4-1)23-16-13-21-17-18-9-11-19(12-10-18)22-14-5-2-6-15-22/h1,3-4,7-12,21H,2,5-6,13-17H2. The van der Waals surface area contributed by atoms with Crippen molar-refractivity contribution < 1.29 is 4.74 Å². The minimum absolute atomic E-state index is 0.690. The van der Waals surface area contributed by atoms with Crippen molar-refractivity contribution in [3.05, 3.63) is 60.2 Å². The van der Waals surface area contributed by atoms with Crippen molar-refractivity contribution in [2.24, 2.45) is 0 Å². The molecule has 1 aliphatic heterocycles. The highest BCUT2D eigenvalue weighted by molar-refractivity contribution is 5.47. The average molecular weight is 310 g/mol. The van der Waals surface area contributed by atoms with Crippen molar-refractivity contribution in [2.75, 3.05) is 31.1 Å². The smallest absolute Gasteiger partial charge is 0.119 e. The van der Waals surface area contributed by atoms with Crippen molar-refractivity contribution in [2.45, 2.75) is 25.8 Å². The van der Waals surface area contributed by atoms with E-state index in [9.17, 15) is 0 Å². The number of anilines is 1. The van der Waals surface area contributed by atoms with Crippen LogP contribution in [0.5, 0.6) is 5.75 Å². The van der Waals surface area contributed by atoms with E-state index in [1.165, 1.54) is 43.6 Å². The van der Waals surface area contributed by atoms with Gasteiger partial charge in [0, 0.05) is 31.9 Å². The Balaban J connectivity index is 1.37. The number of rotatable bonds is 7. The summed E-state index contributed by atoms with van der Waals surface area (Å²) in [5.74, 6) is 0.931. The molecule has 0 atom stereocenters. The van der Waals surface area contributed by atoms with Crippen LogP contribution in [0.2, 0.25) is 0 Å². The van der Waals surface area contributed by atoms with Gasteiger partial charge in [-0.25, -0.2) is 0 Å². The summed E-state index contributed by atoms with van der Waals surface area (Å²) < 4.78 is 5.67. The Bertz CT molecular complexity index is 562. The van der Waals surface area contributed by atoms with Gasteiger partial charge in [-0.1, -0.05) is 30.3 Å². The van der Waals surface area contributed by atoms with Crippen molar-refractivity contribution in [1.29, 1.82) is 0 Å². The average Bonchev–Trinajstić information content (AvgIpc) is 2.64. The van der Waals surface area contributed by atoms with Crippen LogP contribution in [0.25, 0.3) is 0 Å². The maximum Gasteiger partial charge on any atom is 0.119 e. The molecule has 0 spiro atoms. The first-order chi connectivity index (χ1) is 11.4. The summed E-state index contributed by atoms with van der Waals surface area (Å²) in [7, 11) is 0. The van der Waals surface area contributed by atoms with E-state index in [1.54, 1.807) is 0 Å². The predicted octanol–water partition coefficient (Wildman–Crippen LogP) is 3.85. The van der Waals surface area contributed by atoms with E-state index in [1.807, 2.05) is 30.3 Å². The highest BCUT2D eigenvalue weighted by Crippen LogP contribution is 2.20. The van der Waals surface area contributed by atoms with Crippen molar-refractivity contribution >= 4 is 5.69 Å². The summed E-state index contributed by atoms with van der Waals surface area (Å²) in [4.78, 5) is 2.49. The molecule has 0 bridgehead atoms. The second-order valence-electron chi connectivity index (χ2n) is 6.05. The van der Waals surface area contributed by atoms with Gasteiger partial charge in [-0.15, -0.1) is 0 Å². The summed E-state index contributed by atoms with van der Waals surface area (Å²) in [6.45, 7) is 4.83. The molecular weight excluding hydrogens is 284 g/mol. The molecule has 2 aromatic carbocycles. The summed E-state index contributed by atoms with van der Waals surface area (Å²) in [6, 6.07) is 18.9. The van der Waals surface area contributed by atoms with Crippen LogP contribution in [-0.4, -0.2) is 26.2 Å². The van der Waals surface area contributed by atoms with Gasteiger partial charge in [0.05, 0.1) is 0 Å². The highest BCUT2D eigenvalue weighted by Gasteiger charge is 2.10. The Kier molecular flexibility index (Phi) is 5.93. The van der Waals surface area contributed by atoms with Crippen molar-refractivity contribution in [3.8, 4) is 5.75 Å². The number of ether oxygens (including phenoxy) is 1. The van der Waals surface area contributed by atoms with Crippen molar-refractivity contribution in [3.63, 3.8) is 0 Å². The third-order valence-corrected chi connectivity index (χ3v) is 4.28. The lowest BCUT2D eigenvalue weighted by molar-refractivity contribution is 0.313. The fourth-order valence-corrected chi connectivity index (χ4v) is 2.97. The molecule has 3 nitrogen and oxygen atoms in total. The molecular formula is C20H26N2O. The van der Waals surface area contributed by atoms with Gasteiger partial charge in [-0.3, -0.25) is 0 Å². The first-order valence-electron chi connectivity index (χ1n) is 8.64. The van der Waals surface area contributed by atoms with E-state index in [2.05, 4.69) is 34.5 Å². The Morgan fingerprint density at radius 3 is 2.35 bits per heavy atom. The van der Waals surface area contributed by atoms with Gasteiger partial charge in [0.25, 0.3) is 0 Å². The van der Waals surface area contributed by atoms with Crippen LogP contribution in [0.1, 0.15) is 24.8 Å². The van der Waals surface area contributed by atoms with Crippen LogP contribution < -0.4 is 15.0 Å². The lowest BCUT2D eigenvalue weighted by Gasteiger charge is -2.28. The second kappa shape index (κ2) is 8.59. The fraction of sp³-hybridized carbons (Fsp3) is 0.400. The number of nitrogens with one attached hydrogen (secondary N) is 1. The highest BCUT2D eigenvalue weighted by atomic mass is 16.5. The SMILES string of the molecule is c1ccc(OCCNCc2ccc(N3CCCCC3)cc2)cc1. The minimum atomic E-state index is 0.690. The third-order valence-electron chi connectivity index (χ3n) is 4.28. The maximum absolute atomic E-state index is 5.67. The van der Waals surface area contributed by atoms with E-state index in [0.29, 0.717) is 6.61 Å². The molecule has 1 saturated heterocycles. The summed E-state index contributed by atoms with van der Waals surface area (Å²) in [5.41, 5.74) is 2.69. The van der Waals surface area contributed by atoms with Crippen LogP contribution in [0, 0.1) is 0 Å². The van der Waals surface area contributed by atoms with Gasteiger partial charge < -0.3 is 15.0 Å². The van der Waals surface area contributed by atoms with E-state index >= 15 is 0 Å². The molecule has 122 valence electrons. The van der Waals surface area contributed by atoms with Crippen LogP contribution in [-0.2, 0) is 6.54 Å². The molecule has 1 aliphatic rings. The number of para-hydroxylation sites is 1. The molecule has 0 saturated carbocycles. The first kappa shape index (κ1) is 15.9. The van der Waals surface area contributed by atoms with Crippen LogP contribution in [0.4, 0.5) is 5.69 Å². The Morgan fingerprint density at radius 1 is 0.870 bits per heavy atom. The molecule has 0 amide bonds.